The first-order valence-electron chi connectivity index (χ1n) is 5.82. The molecule has 0 bridgehead atoms. The maximum atomic E-state index is 4.26. The highest BCUT2D eigenvalue weighted by atomic mass is 32.1. The third-order valence-corrected chi connectivity index (χ3v) is 4.31. The van der Waals surface area contributed by atoms with Crippen molar-refractivity contribution in [3.05, 3.63) is 10.7 Å². The Labute approximate surface area is 115 Å². The molecule has 1 N–H and O–H groups in total. The lowest BCUT2D eigenvalue weighted by Crippen LogP contribution is -2.12. The van der Waals surface area contributed by atoms with Gasteiger partial charge in [-0.25, -0.2) is 0 Å². The van der Waals surface area contributed by atoms with Gasteiger partial charge in [-0.3, -0.25) is 0 Å². The Bertz CT molecular complexity index is 511. The Morgan fingerprint density at radius 3 is 2.61 bits per heavy atom. The summed E-state index contributed by atoms with van der Waals surface area (Å²) in [4.78, 5) is 1.05. The lowest BCUT2D eigenvalue weighted by Gasteiger charge is -2.15. The number of hydrogen-bond acceptors (Lipinski definition) is 7. The molecule has 0 saturated heterocycles. The molecule has 0 fully saturated rings. The molecule has 2 aromatic heterocycles. The van der Waals surface area contributed by atoms with E-state index in [1.54, 1.807) is 11.3 Å². The molecule has 2 heterocycles. The van der Waals surface area contributed by atoms with Crippen molar-refractivity contribution >= 4 is 22.9 Å². The predicted octanol–water partition coefficient (Wildman–Crippen LogP) is 2.12. The van der Waals surface area contributed by atoms with Crippen LogP contribution in [0.1, 0.15) is 31.5 Å². The van der Waals surface area contributed by atoms with Crippen LogP contribution in [0.3, 0.4) is 0 Å². The second-order valence-corrected chi connectivity index (χ2v) is 6.87. The minimum atomic E-state index is -0.0147. The number of hydrogen-bond donors (Lipinski definition) is 1. The van der Waals surface area contributed by atoms with Crippen molar-refractivity contribution in [2.45, 2.75) is 32.6 Å². The molecule has 98 valence electrons. The Hall–Kier alpha value is -0.920. The monoisotopic (exact) mass is 283 g/mol. The fourth-order valence-corrected chi connectivity index (χ4v) is 3.27. The zero-order chi connectivity index (χ0) is 13.2. The van der Waals surface area contributed by atoms with Crippen LogP contribution in [-0.4, -0.2) is 33.4 Å². The molecule has 18 heavy (non-hydrogen) atoms. The molecule has 2 aromatic rings. The number of nitrogens with zero attached hydrogens (tertiary/aromatic N) is 4. The number of likely N-dealkylation sites (N-methyl/N-ethyl adjacent to an activating group) is 1. The van der Waals surface area contributed by atoms with Crippen molar-refractivity contribution in [2.75, 3.05) is 13.6 Å². The quantitative estimate of drug-likeness (QED) is 0.931. The van der Waals surface area contributed by atoms with Gasteiger partial charge in [0.2, 0.25) is 0 Å². The molecule has 0 aliphatic rings. The molecule has 0 spiro atoms. The zero-order valence-corrected chi connectivity index (χ0v) is 12.7. The van der Waals surface area contributed by atoms with Crippen molar-refractivity contribution in [1.82, 2.24) is 25.1 Å². The van der Waals surface area contributed by atoms with Crippen LogP contribution in [0.2, 0.25) is 0 Å². The van der Waals surface area contributed by atoms with Crippen LogP contribution in [0.15, 0.2) is 0 Å². The van der Waals surface area contributed by atoms with Crippen molar-refractivity contribution in [3.8, 4) is 9.88 Å². The van der Waals surface area contributed by atoms with Gasteiger partial charge in [0.15, 0.2) is 5.01 Å². The highest BCUT2D eigenvalue weighted by Crippen LogP contribution is 2.35. The lowest BCUT2D eigenvalue weighted by molar-refractivity contribution is 0.568. The van der Waals surface area contributed by atoms with Gasteiger partial charge in [-0.1, -0.05) is 36.6 Å². The minimum absolute atomic E-state index is 0.0147. The van der Waals surface area contributed by atoms with E-state index in [2.05, 4.69) is 45.9 Å². The predicted molar refractivity (Wildman–Crippen MR) is 75.1 cm³/mol. The van der Waals surface area contributed by atoms with E-state index >= 15 is 0 Å². The smallest absolute Gasteiger partial charge is 0.161 e. The Morgan fingerprint density at radius 1 is 1.17 bits per heavy atom. The normalized spacial score (nSPS) is 12.0. The van der Waals surface area contributed by atoms with Gasteiger partial charge >= 0.3 is 0 Å². The first kappa shape index (κ1) is 13.5. The first-order valence-corrected chi connectivity index (χ1v) is 7.41. The number of aromatic nitrogens is 4. The van der Waals surface area contributed by atoms with E-state index in [9.17, 15) is 0 Å². The Balaban J connectivity index is 2.27. The summed E-state index contributed by atoms with van der Waals surface area (Å²) in [6.07, 6.45) is 0.908. The minimum Gasteiger partial charge on any atom is -0.319 e. The second-order valence-electron chi connectivity index (χ2n) is 5.06. The summed E-state index contributed by atoms with van der Waals surface area (Å²) in [5, 5.41) is 17.8. The summed E-state index contributed by atoms with van der Waals surface area (Å²) in [5.74, 6) is 0. The van der Waals surface area contributed by atoms with Crippen LogP contribution in [-0.2, 0) is 11.8 Å². The lowest BCUT2D eigenvalue weighted by atomic mass is 9.91. The summed E-state index contributed by atoms with van der Waals surface area (Å²) < 4.78 is 4.05. The van der Waals surface area contributed by atoms with Crippen LogP contribution in [0.5, 0.6) is 0 Å². The fraction of sp³-hybridized carbons (Fsp3) is 0.636. The van der Waals surface area contributed by atoms with E-state index in [0.29, 0.717) is 0 Å². The summed E-state index contributed by atoms with van der Waals surface area (Å²) >= 11 is 3.03. The molecule has 2 rings (SSSR count). The molecule has 0 radical (unpaired) electrons. The van der Waals surface area contributed by atoms with Gasteiger partial charge in [-0.05, 0) is 18.6 Å². The number of nitrogens with one attached hydrogen (secondary N) is 1. The highest BCUT2D eigenvalue weighted by Gasteiger charge is 2.25. The Kier molecular flexibility index (Phi) is 4.04. The fourth-order valence-electron chi connectivity index (χ4n) is 1.50. The van der Waals surface area contributed by atoms with Crippen LogP contribution >= 0.6 is 22.9 Å². The molecule has 0 saturated carbocycles. The van der Waals surface area contributed by atoms with Crippen molar-refractivity contribution in [1.29, 1.82) is 0 Å². The largest absolute Gasteiger partial charge is 0.319 e. The average Bonchev–Trinajstić information content (AvgIpc) is 2.93. The summed E-state index contributed by atoms with van der Waals surface area (Å²) in [7, 11) is 1.94. The topological polar surface area (TPSA) is 63.6 Å². The van der Waals surface area contributed by atoms with E-state index in [0.717, 1.165) is 33.6 Å². The standard InChI is InChI=1S/C11H17N5S2/c1-11(2,3)9-8(18-16-14-9)10-15-13-7(17-10)5-6-12-4/h12H,5-6H2,1-4H3. The molecule has 0 atom stereocenters. The van der Waals surface area contributed by atoms with Crippen molar-refractivity contribution < 1.29 is 0 Å². The third-order valence-electron chi connectivity index (χ3n) is 2.45. The van der Waals surface area contributed by atoms with E-state index in [-0.39, 0.29) is 5.41 Å². The first-order chi connectivity index (χ1) is 8.52. The second kappa shape index (κ2) is 5.38. The van der Waals surface area contributed by atoms with Gasteiger partial charge in [0.05, 0.1) is 5.69 Å². The summed E-state index contributed by atoms with van der Waals surface area (Å²) in [6.45, 7) is 7.32. The van der Waals surface area contributed by atoms with E-state index in [1.807, 2.05) is 7.05 Å². The van der Waals surface area contributed by atoms with Gasteiger partial charge in [0.25, 0.3) is 0 Å². The van der Waals surface area contributed by atoms with E-state index in [1.165, 1.54) is 11.5 Å². The molecule has 0 aromatic carbocycles. The van der Waals surface area contributed by atoms with E-state index < -0.39 is 0 Å². The van der Waals surface area contributed by atoms with Crippen LogP contribution in [0.4, 0.5) is 0 Å². The zero-order valence-electron chi connectivity index (χ0n) is 11.0. The van der Waals surface area contributed by atoms with Crippen LogP contribution in [0, 0.1) is 0 Å². The van der Waals surface area contributed by atoms with Gasteiger partial charge in [0, 0.05) is 18.4 Å². The SMILES string of the molecule is CNCCc1nnc(-c2snnc2C(C)(C)C)s1. The molecular weight excluding hydrogens is 266 g/mol. The van der Waals surface area contributed by atoms with Crippen molar-refractivity contribution in [3.63, 3.8) is 0 Å². The highest BCUT2D eigenvalue weighted by molar-refractivity contribution is 7.19. The van der Waals surface area contributed by atoms with Crippen LogP contribution in [0.25, 0.3) is 9.88 Å². The van der Waals surface area contributed by atoms with Gasteiger partial charge < -0.3 is 5.32 Å². The molecule has 0 amide bonds. The number of rotatable bonds is 4. The molecule has 0 aliphatic heterocycles. The molecule has 0 unspecified atom stereocenters. The van der Waals surface area contributed by atoms with Gasteiger partial charge in [0.1, 0.15) is 9.88 Å². The average molecular weight is 283 g/mol. The summed E-state index contributed by atoms with van der Waals surface area (Å²) in [5.41, 5.74) is 0.989. The molecule has 0 aliphatic carbocycles. The third kappa shape index (κ3) is 2.90. The molecule has 5 nitrogen and oxygen atoms in total. The van der Waals surface area contributed by atoms with Crippen molar-refractivity contribution in [2.24, 2.45) is 0 Å². The molecule has 7 heteroatoms. The van der Waals surface area contributed by atoms with E-state index in [4.69, 9.17) is 0 Å². The summed E-state index contributed by atoms with van der Waals surface area (Å²) in [6, 6.07) is 0. The molecular formula is C11H17N5S2. The van der Waals surface area contributed by atoms with Crippen LogP contribution < -0.4 is 5.32 Å². The Morgan fingerprint density at radius 2 is 1.94 bits per heavy atom. The maximum absolute atomic E-state index is 4.26. The van der Waals surface area contributed by atoms with Gasteiger partial charge in [-0.2, -0.15) is 0 Å². The van der Waals surface area contributed by atoms with Gasteiger partial charge in [-0.15, -0.1) is 15.3 Å². The maximum Gasteiger partial charge on any atom is 0.161 e.